The van der Waals surface area contributed by atoms with Crippen molar-refractivity contribution in [1.29, 1.82) is 0 Å². The van der Waals surface area contributed by atoms with Crippen molar-refractivity contribution in [2.75, 3.05) is 13.2 Å². The Kier molecular flexibility index (Phi) is 5.62. The molecular weight excluding hydrogens is 366 g/mol. The van der Waals surface area contributed by atoms with Gasteiger partial charge < -0.3 is 4.74 Å². The highest BCUT2D eigenvalue weighted by atomic mass is 35.5. The lowest BCUT2D eigenvalue weighted by molar-refractivity contribution is 0.0571. The van der Waals surface area contributed by atoms with Crippen molar-refractivity contribution in [1.82, 2.24) is 4.31 Å². The van der Waals surface area contributed by atoms with E-state index in [1.54, 1.807) is 40.8 Å². The molecule has 0 spiro atoms. The van der Waals surface area contributed by atoms with Gasteiger partial charge in [-0.2, -0.15) is 4.31 Å². The highest BCUT2D eigenvalue weighted by Gasteiger charge is 2.34. The average molecular weight is 386 g/mol. The molecule has 7 heteroatoms. The Hall–Kier alpha value is -0.920. The van der Waals surface area contributed by atoms with Crippen molar-refractivity contribution in [3.8, 4) is 0 Å². The van der Waals surface area contributed by atoms with Gasteiger partial charge >= 0.3 is 0 Å². The standard InChI is InChI=1S/C17H20ClNO3S2/c1-13-16(18)5-2-6-17(13)24(20,21)19(12-15-4-3-11-23-15)14-7-9-22-10-8-14/h2-6,11,14H,7-10,12H2,1H3. The first-order chi connectivity index (χ1) is 11.5. The molecule has 0 unspecified atom stereocenters. The third kappa shape index (κ3) is 3.68. The lowest BCUT2D eigenvalue weighted by Gasteiger charge is -2.33. The van der Waals surface area contributed by atoms with E-state index in [1.165, 1.54) is 0 Å². The quantitative estimate of drug-likeness (QED) is 0.779. The van der Waals surface area contributed by atoms with Crippen LogP contribution < -0.4 is 0 Å². The van der Waals surface area contributed by atoms with E-state index >= 15 is 0 Å². The zero-order valence-corrected chi connectivity index (χ0v) is 15.8. The van der Waals surface area contributed by atoms with Crippen molar-refractivity contribution < 1.29 is 13.2 Å². The third-order valence-corrected chi connectivity index (χ3v) is 7.61. The Morgan fingerprint density at radius 2 is 2.00 bits per heavy atom. The van der Waals surface area contributed by atoms with Crippen LogP contribution in [0.3, 0.4) is 0 Å². The molecule has 1 saturated heterocycles. The van der Waals surface area contributed by atoms with E-state index in [2.05, 4.69) is 0 Å². The van der Waals surface area contributed by atoms with Gasteiger partial charge in [-0.05, 0) is 48.9 Å². The predicted molar refractivity (Wildman–Crippen MR) is 97.1 cm³/mol. The summed E-state index contributed by atoms with van der Waals surface area (Å²) < 4.78 is 33.8. The number of ether oxygens (including phenoxy) is 1. The first-order valence-electron chi connectivity index (χ1n) is 7.87. The molecule has 1 fully saturated rings. The van der Waals surface area contributed by atoms with Gasteiger partial charge in [0, 0.05) is 35.7 Å². The van der Waals surface area contributed by atoms with Gasteiger partial charge in [-0.25, -0.2) is 8.42 Å². The number of thiophene rings is 1. The molecule has 1 aromatic carbocycles. The number of rotatable bonds is 5. The minimum Gasteiger partial charge on any atom is -0.381 e. The summed E-state index contributed by atoms with van der Waals surface area (Å²) in [5.41, 5.74) is 0.599. The lowest BCUT2D eigenvalue weighted by atomic mass is 10.1. The third-order valence-electron chi connectivity index (χ3n) is 4.29. The van der Waals surface area contributed by atoms with E-state index < -0.39 is 10.0 Å². The van der Waals surface area contributed by atoms with E-state index in [0.717, 1.165) is 4.88 Å². The summed E-state index contributed by atoms with van der Waals surface area (Å²) in [5, 5.41) is 2.44. The molecule has 0 amide bonds. The minimum atomic E-state index is -3.63. The van der Waals surface area contributed by atoms with Gasteiger partial charge in [-0.15, -0.1) is 11.3 Å². The lowest BCUT2D eigenvalue weighted by Crippen LogP contribution is -2.43. The van der Waals surface area contributed by atoms with Crippen molar-refractivity contribution in [2.24, 2.45) is 0 Å². The fourth-order valence-corrected chi connectivity index (χ4v) is 5.86. The van der Waals surface area contributed by atoms with E-state index in [0.29, 0.717) is 43.2 Å². The van der Waals surface area contributed by atoms with Gasteiger partial charge in [0.15, 0.2) is 0 Å². The monoisotopic (exact) mass is 385 g/mol. The van der Waals surface area contributed by atoms with Crippen molar-refractivity contribution in [2.45, 2.75) is 37.2 Å². The summed E-state index contributed by atoms with van der Waals surface area (Å²) in [6.45, 7) is 3.32. The van der Waals surface area contributed by atoms with Crippen LogP contribution in [0.1, 0.15) is 23.3 Å². The van der Waals surface area contributed by atoms with E-state index in [4.69, 9.17) is 16.3 Å². The summed E-state index contributed by atoms with van der Waals surface area (Å²) in [4.78, 5) is 1.32. The molecule has 1 aromatic heterocycles. The second kappa shape index (κ2) is 7.54. The van der Waals surface area contributed by atoms with E-state index in [1.807, 2.05) is 17.5 Å². The largest absolute Gasteiger partial charge is 0.381 e. The summed E-state index contributed by atoms with van der Waals surface area (Å²) in [5.74, 6) is 0. The van der Waals surface area contributed by atoms with Crippen LogP contribution in [0.5, 0.6) is 0 Å². The zero-order chi connectivity index (χ0) is 17.2. The molecule has 2 aromatic rings. The zero-order valence-electron chi connectivity index (χ0n) is 13.4. The fraction of sp³-hybridized carbons (Fsp3) is 0.412. The van der Waals surface area contributed by atoms with Crippen LogP contribution in [0.25, 0.3) is 0 Å². The maximum Gasteiger partial charge on any atom is 0.243 e. The Morgan fingerprint density at radius 3 is 2.67 bits per heavy atom. The Bertz CT molecular complexity index is 784. The highest BCUT2D eigenvalue weighted by molar-refractivity contribution is 7.89. The van der Waals surface area contributed by atoms with Crippen LogP contribution in [-0.2, 0) is 21.3 Å². The van der Waals surface area contributed by atoms with Crippen LogP contribution in [0.2, 0.25) is 5.02 Å². The number of halogens is 1. The van der Waals surface area contributed by atoms with Gasteiger partial charge in [-0.3, -0.25) is 0 Å². The predicted octanol–water partition coefficient (Wildman–Crippen LogP) is 4.08. The van der Waals surface area contributed by atoms with Crippen LogP contribution in [-0.4, -0.2) is 32.0 Å². The molecule has 3 rings (SSSR count). The summed E-state index contributed by atoms with van der Waals surface area (Å²) in [6.07, 6.45) is 1.43. The van der Waals surface area contributed by atoms with Gasteiger partial charge in [-0.1, -0.05) is 23.7 Å². The Balaban J connectivity index is 2.00. The van der Waals surface area contributed by atoms with Crippen molar-refractivity contribution in [3.05, 3.63) is 51.2 Å². The smallest absolute Gasteiger partial charge is 0.243 e. The highest BCUT2D eigenvalue weighted by Crippen LogP contribution is 2.30. The minimum absolute atomic E-state index is 0.0516. The molecule has 24 heavy (non-hydrogen) atoms. The van der Waals surface area contributed by atoms with Gasteiger partial charge in [0.1, 0.15) is 0 Å². The average Bonchev–Trinajstić information content (AvgIpc) is 3.09. The maximum absolute atomic E-state index is 13.4. The number of hydrogen-bond donors (Lipinski definition) is 0. The molecule has 4 nitrogen and oxygen atoms in total. The molecule has 130 valence electrons. The summed E-state index contributed by atoms with van der Waals surface area (Å²) in [6, 6.07) is 8.90. The van der Waals surface area contributed by atoms with Crippen LogP contribution >= 0.6 is 22.9 Å². The molecule has 0 atom stereocenters. The van der Waals surface area contributed by atoms with E-state index in [9.17, 15) is 8.42 Å². The van der Waals surface area contributed by atoms with Crippen LogP contribution in [0.15, 0.2) is 40.6 Å². The molecule has 1 aliphatic rings. The number of hydrogen-bond acceptors (Lipinski definition) is 4. The molecule has 0 saturated carbocycles. The number of sulfonamides is 1. The van der Waals surface area contributed by atoms with Crippen molar-refractivity contribution >= 4 is 33.0 Å². The number of nitrogens with zero attached hydrogens (tertiary/aromatic N) is 1. The first-order valence-corrected chi connectivity index (χ1v) is 10.6. The van der Waals surface area contributed by atoms with Crippen LogP contribution in [0, 0.1) is 6.92 Å². The van der Waals surface area contributed by atoms with Crippen LogP contribution in [0.4, 0.5) is 0 Å². The first kappa shape index (κ1) is 17.9. The second-order valence-electron chi connectivity index (χ2n) is 5.84. The molecule has 1 aliphatic heterocycles. The summed E-state index contributed by atoms with van der Waals surface area (Å²) >= 11 is 7.72. The molecule has 0 radical (unpaired) electrons. The fourth-order valence-electron chi connectivity index (χ4n) is 2.93. The Labute approximate surface area is 152 Å². The van der Waals surface area contributed by atoms with E-state index in [-0.39, 0.29) is 10.9 Å². The maximum atomic E-state index is 13.4. The normalized spacial score (nSPS) is 16.6. The van der Waals surface area contributed by atoms with Crippen molar-refractivity contribution in [3.63, 3.8) is 0 Å². The molecule has 0 N–H and O–H groups in total. The second-order valence-corrected chi connectivity index (χ2v) is 9.13. The molecule has 0 aliphatic carbocycles. The Morgan fingerprint density at radius 1 is 1.25 bits per heavy atom. The van der Waals surface area contributed by atoms with Gasteiger partial charge in [0.25, 0.3) is 0 Å². The van der Waals surface area contributed by atoms with Gasteiger partial charge in [0.05, 0.1) is 4.90 Å². The number of benzene rings is 1. The van der Waals surface area contributed by atoms with Gasteiger partial charge in [0.2, 0.25) is 10.0 Å². The topological polar surface area (TPSA) is 46.6 Å². The molecule has 0 bridgehead atoms. The summed E-state index contributed by atoms with van der Waals surface area (Å²) in [7, 11) is -3.63. The molecular formula is C17H20ClNO3S2. The molecule has 2 heterocycles. The SMILES string of the molecule is Cc1c(Cl)cccc1S(=O)(=O)N(Cc1cccs1)C1CCOCC1.